The maximum atomic E-state index is 12.1. The van der Waals surface area contributed by atoms with Crippen LogP contribution >= 0.6 is 11.6 Å². The van der Waals surface area contributed by atoms with Crippen LogP contribution in [0.4, 0.5) is 28.8 Å². The van der Waals surface area contributed by atoms with Crippen LogP contribution in [0.5, 0.6) is 11.5 Å². The Morgan fingerprint density at radius 1 is 1.05 bits per heavy atom. The Morgan fingerprint density at radius 2 is 1.79 bits per heavy atom. The molecule has 10 nitrogen and oxygen atoms in total. The Hall–Kier alpha value is -3.28. The average Bonchev–Trinajstić information content (AvgIpc) is 2.95. The molecule has 12 heteroatoms. The summed E-state index contributed by atoms with van der Waals surface area (Å²) in [4.78, 5) is 13.8. The third-order valence-electron chi connectivity index (χ3n) is 7.43. The van der Waals surface area contributed by atoms with Crippen molar-refractivity contribution in [1.82, 2.24) is 14.9 Å². The van der Waals surface area contributed by atoms with Crippen LogP contribution in [0.2, 0.25) is 5.02 Å². The highest BCUT2D eigenvalue weighted by atomic mass is 35.5. The van der Waals surface area contributed by atoms with Gasteiger partial charge in [-0.3, -0.25) is 0 Å². The first-order valence-corrected chi connectivity index (χ1v) is 16.5. The highest BCUT2D eigenvalue weighted by Gasteiger charge is 2.24. The van der Waals surface area contributed by atoms with Crippen LogP contribution in [0.25, 0.3) is 0 Å². The molecule has 3 aromatic rings. The number of nitrogens with one attached hydrogen (secondary N) is 2. The molecule has 0 bridgehead atoms. The molecular formula is C30H41ClN6O4S. The van der Waals surface area contributed by atoms with Crippen LogP contribution in [0.1, 0.15) is 37.3 Å². The number of piperidine rings is 1. The number of methoxy groups -OCH3 is 2. The molecule has 0 saturated carbocycles. The summed E-state index contributed by atoms with van der Waals surface area (Å²) >= 11 is 6.46. The molecule has 4 rings (SSSR count). The van der Waals surface area contributed by atoms with E-state index < -0.39 is 9.84 Å². The molecule has 0 atom stereocenters. The highest BCUT2D eigenvalue weighted by Crippen LogP contribution is 2.37. The van der Waals surface area contributed by atoms with E-state index in [0.717, 1.165) is 44.5 Å². The lowest BCUT2D eigenvalue weighted by atomic mass is 10.00. The zero-order valence-corrected chi connectivity index (χ0v) is 26.8. The SMILES string of the molecule is CCCc1cc(Nc2ncc(Cl)c(Nc3ccc(OC)cc3CS(C)(=O)=O)n2)c(OC)cc1N1CCC(N(C)C)CC1. The number of benzene rings is 2. The number of hydrogen-bond acceptors (Lipinski definition) is 10. The van der Waals surface area contributed by atoms with E-state index in [1.165, 1.54) is 30.8 Å². The minimum atomic E-state index is -3.30. The standard InChI is InChI=1S/C30H41ClN6O4S/c1-7-8-20-16-26(28(41-5)17-27(20)37-13-11-22(12-14-37)36(2)3)34-30-32-18-24(31)29(35-30)33-25-10-9-23(40-4)15-21(25)19-42(6,38)39/h9-10,15-18,22H,7-8,11-14,19H2,1-6H3,(H2,32,33,34,35). The second kappa shape index (κ2) is 13.8. The Balaban J connectivity index is 1.62. The topological polar surface area (TPSA) is 109 Å². The fourth-order valence-corrected chi connectivity index (χ4v) is 6.19. The fourth-order valence-electron chi connectivity index (χ4n) is 5.25. The van der Waals surface area contributed by atoms with E-state index in [0.29, 0.717) is 40.6 Å². The molecule has 0 unspecified atom stereocenters. The van der Waals surface area contributed by atoms with E-state index in [1.54, 1.807) is 25.3 Å². The van der Waals surface area contributed by atoms with Crippen molar-refractivity contribution in [1.29, 1.82) is 0 Å². The quantitative estimate of drug-likeness (QED) is 0.264. The smallest absolute Gasteiger partial charge is 0.229 e. The molecule has 0 amide bonds. The number of anilines is 5. The normalized spacial score (nSPS) is 14.2. The molecule has 0 radical (unpaired) electrons. The Morgan fingerprint density at radius 3 is 2.40 bits per heavy atom. The van der Waals surface area contributed by atoms with E-state index in [-0.39, 0.29) is 10.8 Å². The molecule has 1 aromatic heterocycles. The van der Waals surface area contributed by atoms with Gasteiger partial charge in [0.15, 0.2) is 15.7 Å². The number of nitrogens with zero attached hydrogens (tertiary/aromatic N) is 4. The molecule has 228 valence electrons. The van der Waals surface area contributed by atoms with Gasteiger partial charge in [-0.1, -0.05) is 24.9 Å². The molecule has 42 heavy (non-hydrogen) atoms. The summed E-state index contributed by atoms with van der Waals surface area (Å²) < 4.78 is 35.3. The Labute approximate surface area is 254 Å². The molecule has 1 saturated heterocycles. The molecule has 2 heterocycles. The van der Waals surface area contributed by atoms with Gasteiger partial charge in [0.1, 0.15) is 16.5 Å². The lowest BCUT2D eigenvalue weighted by Gasteiger charge is -2.37. The van der Waals surface area contributed by atoms with Crippen molar-refractivity contribution in [3.05, 3.63) is 52.7 Å². The molecule has 0 aliphatic carbocycles. The lowest BCUT2D eigenvalue weighted by Crippen LogP contribution is -2.42. The van der Waals surface area contributed by atoms with Crippen LogP contribution < -0.4 is 25.0 Å². The second-order valence-electron chi connectivity index (χ2n) is 10.8. The van der Waals surface area contributed by atoms with Crippen molar-refractivity contribution < 1.29 is 17.9 Å². The van der Waals surface area contributed by atoms with Gasteiger partial charge in [0.2, 0.25) is 5.95 Å². The van der Waals surface area contributed by atoms with Crippen molar-refractivity contribution in [2.24, 2.45) is 0 Å². The summed E-state index contributed by atoms with van der Waals surface area (Å²) in [7, 11) is 4.19. The molecular weight excluding hydrogens is 576 g/mol. The first kappa shape index (κ1) is 31.7. The highest BCUT2D eigenvalue weighted by molar-refractivity contribution is 7.89. The van der Waals surface area contributed by atoms with Crippen molar-refractivity contribution in [3.63, 3.8) is 0 Å². The Kier molecular flexibility index (Phi) is 10.4. The molecule has 1 aliphatic heterocycles. The molecule has 2 N–H and O–H groups in total. The Bertz CT molecular complexity index is 1490. The number of aromatic nitrogens is 2. The maximum Gasteiger partial charge on any atom is 0.229 e. The van der Waals surface area contributed by atoms with Crippen LogP contribution in [-0.4, -0.2) is 77.0 Å². The average molecular weight is 617 g/mol. The van der Waals surface area contributed by atoms with Crippen LogP contribution in [0, 0.1) is 0 Å². The maximum absolute atomic E-state index is 12.1. The van der Waals surface area contributed by atoms with Crippen molar-refractivity contribution >= 4 is 50.3 Å². The second-order valence-corrected chi connectivity index (χ2v) is 13.4. The fraction of sp³-hybridized carbons (Fsp3) is 0.467. The van der Waals surface area contributed by atoms with E-state index >= 15 is 0 Å². The van der Waals surface area contributed by atoms with Gasteiger partial charge < -0.3 is 29.9 Å². The monoisotopic (exact) mass is 616 g/mol. The molecule has 0 spiro atoms. The summed E-state index contributed by atoms with van der Waals surface area (Å²) in [6, 6.07) is 9.99. The minimum absolute atomic E-state index is 0.170. The molecule has 2 aromatic carbocycles. The van der Waals surface area contributed by atoms with Crippen molar-refractivity contribution in [2.75, 3.05) is 63.2 Å². The van der Waals surface area contributed by atoms with Crippen LogP contribution in [0.15, 0.2) is 36.5 Å². The van der Waals surface area contributed by atoms with E-state index in [9.17, 15) is 8.42 Å². The van der Waals surface area contributed by atoms with Crippen molar-refractivity contribution in [3.8, 4) is 11.5 Å². The summed E-state index contributed by atoms with van der Waals surface area (Å²) in [5.74, 6) is 1.73. The largest absolute Gasteiger partial charge is 0.497 e. The zero-order valence-electron chi connectivity index (χ0n) is 25.2. The van der Waals surface area contributed by atoms with Gasteiger partial charge in [-0.25, -0.2) is 13.4 Å². The van der Waals surface area contributed by atoms with E-state index in [1.807, 2.05) is 0 Å². The summed E-state index contributed by atoms with van der Waals surface area (Å²) in [5.41, 5.74) is 4.28. The molecule has 1 aliphatic rings. The number of hydrogen-bond donors (Lipinski definition) is 2. The van der Waals surface area contributed by atoms with Crippen LogP contribution in [0.3, 0.4) is 0 Å². The minimum Gasteiger partial charge on any atom is -0.497 e. The number of rotatable bonds is 12. The van der Waals surface area contributed by atoms with Gasteiger partial charge in [-0.2, -0.15) is 4.98 Å². The predicted octanol–water partition coefficient (Wildman–Crippen LogP) is 5.66. The first-order valence-electron chi connectivity index (χ1n) is 14.0. The number of ether oxygens (including phenoxy) is 2. The number of aryl methyl sites for hydroxylation is 1. The van der Waals surface area contributed by atoms with Gasteiger partial charge in [0, 0.05) is 42.8 Å². The van der Waals surface area contributed by atoms with Crippen molar-refractivity contribution in [2.45, 2.75) is 44.4 Å². The third kappa shape index (κ3) is 7.96. The number of sulfone groups is 1. The predicted molar refractivity (Wildman–Crippen MR) is 171 cm³/mol. The van der Waals surface area contributed by atoms with E-state index in [4.69, 9.17) is 21.1 Å². The molecule has 1 fully saturated rings. The first-order chi connectivity index (χ1) is 20.0. The summed E-state index contributed by atoms with van der Waals surface area (Å²) in [6.45, 7) is 4.17. The third-order valence-corrected chi connectivity index (χ3v) is 8.54. The van der Waals surface area contributed by atoms with Crippen LogP contribution in [-0.2, 0) is 22.0 Å². The van der Waals surface area contributed by atoms with Gasteiger partial charge in [0.05, 0.1) is 31.9 Å². The van der Waals surface area contributed by atoms with Gasteiger partial charge >= 0.3 is 0 Å². The van der Waals surface area contributed by atoms with E-state index in [2.05, 4.69) is 63.6 Å². The summed E-state index contributed by atoms with van der Waals surface area (Å²) in [5, 5.41) is 6.78. The summed E-state index contributed by atoms with van der Waals surface area (Å²) in [6.07, 6.45) is 6.87. The lowest BCUT2D eigenvalue weighted by molar-refractivity contribution is 0.249. The zero-order chi connectivity index (χ0) is 30.4. The van der Waals surface area contributed by atoms with Gasteiger partial charge in [0.25, 0.3) is 0 Å². The van der Waals surface area contributed by atoms with Gasteiger partial charge in [-0.05, 0) is 68.8 Å². The van der Waals surface area contributed by atoms with Gasteiger partial charge in [-0.15, -0.1) is 0 Å². The number of halogens is 1.